The van der Waals surface area contributed by atoms with Crippen LogP contribution in [-0.2, 0) is 32.7 Å². The molecule has 10 heteroatoms. The summed E-state index contributed by atoms with van der Waals surface area (Å²) >= 11 is 0. The number of sulfonamides is 1. The van der Waals surface area contributed by atoms with Crippen LogP contribution in [0.4, 0.5) is 10.1 Å². The molecule has 42 heavy (non-hydrogen) atoms. The van der Waals surface area contributed by atoms with E-state index < -0.39 is 40.3 Å². The predicted octanol–water partition coefficient (Wildman–Crippen LogP) is 4.44. The Bertz CT molecular complexity index is 1660. The number of amides is 2. The third kappa shape index (κ3) is 6.67. The van der Waals surface area contributed by atoms with Gasteiger partial charge in [-0.1, -0.05) is 72.3 Å². The number of para-hydroxylation sites is 2. The molecule has 2 amide bonds. The number of nitrogens with zero attached hydrogens (tertiary/aromatic N) is 2. The van der Waals surface area contributed by atoms with Crippen molar-refractivity contribution in [2.45, 2.75) is 31.0 Å². The summed E-state index contributed by atoms with van der Waals surface area (Å²) in [5, 5.41) is 2.85. The van der Waals surface area contributed by atoms with Crippen LogP contribution in [0.5, 0.6) is 5.75 Å². The Morgan fingerprint density at radius 3 is 2.29 bits per heavy atom. The summed E-state index contributed by atoms with van der Waals surface area (Å²) in [6.45, 7) is 1.36. The Morgan fingerprint density at radius 2 is 1.57 bits per heavy atom. The largest absolute Gasteiger partial charge is 0.477 e. The van der Waals surface area contributed by atoms with Crippen LogP contribution in [0.3, 0.4) is 0 Å². The zero-order valence-electron chi connectivity index (χ0n) is 22.9. The van der Waals surface area contributed by atoms with E-state index in [0.717, 1.165) is 15.4 Å². The molecule has 0 saturated heterocycles. The fourth-order valence-electron chi connectivity index (χ4n) is 4.62. The summed E-state index contributed by atoms with van der Waals surface area (Å²) in [5.41, 5.74) is 2.74. The lowest BCUT2D eigenvalue weighted by molar-refractivity contribution is -0.128. The number of carbonyl (C=O) groups is 2. The maximum Gasteiger partial charge on any atom is 0.263 e. The topological polar surface area (TPSA) is 96.0 Å². The number of hydrogen-bond acceptors (Lipinski definition) is 5. The number of aryl methyl sites for hydroxylation is 1. The van der Waals surface area contributed by atoms with Crippen LogP contribution in [-0.4, -0.2) is 43.7 Å². The highest BCUT2D eigenvalue weighted by Gasteiger charge is 2.36. The van der Waals surface area contributed by atoms with E-state index in [1.807, 2.05) is 37.3 Å². The molecule has 0 aliphatic carbocycles. The average Bonchev–Trinajstić information content (AvgIpc) is 3.00. The van der Waals surface area contributed by atoms with Gasteiger partial charge in [-0.25, -0.2) is 12.8 Å². The highest BCUT2D eigenvalue weighted by Crippen LogP contribution is 2.33. The first-order valence-corrected chi connectivity index (χ1v) is 14.8. The normalized spacial score (nSPS) is 14.6. The van der Waals surface area contributed by atoms with Crippen molar-refractivity contribution in [2.24, 2.45) is 0 Å². The van der Waals surface area contributed by atoms with Crippen molar-refractivity contribution in [3.63, 3.8) is 0 Å². The highest BCUT2D eigenvalue weighted by atomic mass is 32.2. The molecule has 0 saturated carbocycles. The van der Waals surface area contributed by atoms with Gasteiger partial charge in [-0.05, 0) is 54.4 Å². The number of rotatable bonds is 9. The molecule has 0 spiro atoms. The van der Waals surface area contributed by atoms with Crippen molar-refractivity contribution in [1.29, 1.82) is 0 Å². The van der Waals surface area contributed by atoms with Crippen LogP contribution in [0, 0.1) is 12.7 Å². The summed E-state index contributed by atoms with van der Waals surface area (Å²) in [6, 6.07) is 28.0. The molecule has 0 bridgehead atoms. The molecular formula is C32H30FN3O5S. The van der Waals surface area contributed by atoms with Crippen molar-refractivity contribution in [2.75, 3.05) is 18.0 Å². The van der Waals surface area contributed by atoms with Gasteiger partial charge < -0.3 is 15.0 Å². The number of halogens is 1. The summed E-state index contributed by atoms with van der Waals surface area (Å²) in [4.78, 5) is 28.4. The number of ether oxygens (including phenoxy) is 1. The smallest absolute Gasteiger partial charge is 0.263 e. The fraction of sp³-hybridized carbons (Fsp3) is 0.188. The molecule has 1 aliphatic rings. The minimum Gasteiger partial charge on any atom is -0.477 e. The van der Waals surface area contributed by atoms with E-state index in [0.29, 0.717) is 17.0 Å². The molecule has 1 atom stereocenters. The van der Waals surface area contributed by atoms with Crippen molar-refractivity contribution >= 4 is 27.5 Å². The minimum atomic E-state index is -4.12. The van der Waals surface area contributed by atoms with Crippen molar-refractivity contribution in [3.05, 3.63) is 126 Å². The first-order valence-electron chi connectivity index (χ1n) is 13.4. The van der Waals surface area contributed by atoms with Crippen LogP contribution in [0.1, 0.15) is 16.7 Å². The summed E-state index contributed by atoms with van der Waals surface area (Å²) in [7, 11) is -4.12. The molecule has 4 aromatic rings. The monoisotopic (exact) mass is 587 g/mol. The number of nitrogens with one attached hydrogen (secondary N) is 1. The van der Waals surface area contributed by atoms with Gasteiger partial charge in [0.25, 0.3) is 5.91 Å². The van der Waals surface area contributed by atoms with Crippen molar-refractivity contribution in [3.8, 4) is 5.75 Å². The Morgan fingerprint density at radius 1 is 0.905 bits per heavy atom. The SMILES string of the molecule is Cc1ccc(S(=O)(=O)N(CC(=O)N2C[C@H](C(=O)NCc3ccccc3)Oc3ccccc32)Cc2ccc(F)cc2)cc1. The first-order chi connectivity index (χ1) is 20.2. The Kier molecular flexibility index (Phi) is 8.65. The standard InChI is InChI=1S/C32H30FN3O5S/c1-23-11-17-27(18-12-23)42(39,40)35(20-25-13-15-26(33)16-14-25)22-31(37)36-21-30(41-29-10-6-5-9-28(29)36)32(38)34-19-24-7-3-2-4-8-24/h2-18,30H,19-22H2,1H3,(H,34,38)/t30-/m1/s1. The predicted molar refractivity (Wildman–Crippen MR) is 157 cm³/mol. The number of hydrogen-bond donors (Lipinski definition) is 1. The highest BCUT2D eigenvalue weighted by molar-refractivity contribution is 7.89. The minimum absolute atomic E-state index is 0.0311. The lowest BCUT2D eigenvalue weighted by atomic mass is 10.1. The molecule has 0 aromatic heterocycles. The molecule has 1 aliphatic heterocycles. The Hall–Kier alpha value is -4.54. The molecule has 0 unspecified atom stereocenters. The van der Waals surface area contributed by atoms with E-state index in [-0.39, 0.29) is 24.5 Å². The average molecular weight is 588 g/mol. The number of anilines is 1. The molecule has 1 N–H and O–H groups in total. The fourth-order valence-corrected chi connectivity index (χ4v) is 6.00. The maximum atomic E-state index is 13.9. The second-order valence-electron chi connectivity index (χ2n) is 9.99. The van der Waals surface area contributed by atoms with Gasteiger partial charge in [0.1, 0.15) is 11.6 Å². The van der Waals surface area contributed by atoms with Gasteiger partial charge >= 0.3 is 0 Å². The van der Waals surface area contributed by atoms with Crippen LogP contribution in [0.2, 0.25) is 0 Å². The molecule has 216 valence electrons. The van der Waals surface area contributed by atoms with E-state index >= 15 is 0 Å². The van der Waals surface area contributed by atoms with Crippen molar-refractivity contribution in [1.82, 2.24) is 9.62 Å². The van der Waals surface area contributed by atoms with E-state index in [1.165, 1.54) is 41.3 Å². The van der Waals surface area contributed by atoms with Crippen LogP contribution in [0.15, 0.2) is 108 Å². The van der Waals surface area contributed by atoms with Gasteiger partial charge in [-0.2, -0.15) is 4.31 Å². The van der Waals surface area contributed by atoms with Gasteiger partial charge in [0.15, 0.2) is 6.10 Å². The third-order valence-electron chi connectivity index (χ3n) is 6.92. The first kappa shape index (κ1) is 29.0. The van der Waals surface area contributed by atoms with E-state index in [1.54, 1.807) is 36.4 Å². The third-order valence-corrected chi connectivity index (χ3v) is 8.73. The lowest BCUT2D eigenvalue weighted by Crippen LogP contribution is -2.52. The van der Waals surface area contributed by atoms with E-state index in [9.17, 15) is 22.4 Å². The number of carbonyl (C=O) groups excluding carboxylic acids is 2. The summed E-state index contributed by atoms with van der Waals surface area (Å²) in [6.07, 6.45) is -1.01. The zero-order chi connectivity index (χ0) is 29.7. The van der Waals surface area contributed by atoms with Gasteiger partial charge in [-0.15, -0.1) is 0 Å². The second kappa shape index (κ2) is 12.5. The van der Waals surface area contributed by atoms with E-state index in [2.05, 4.69) is 5.32 Å². The summed E-state index contributed by atoms with van der Waals surface area (Å²) in [5.74, 6) is -1.06. The van der Waals surface area contributed by atoms with E-state index in [4.69, 9.17) is 4.74 Å². The van der Waals surface area contributed by atoms with Gasteiger partial charge in [0, 0.05) is 13.1 Å². The molecule has 4 aromatic carbocycles. The molecule has 0 fully saturated rings. The van der Waals surface area contributed by atoms with Gasteiger partial charge in [0.2, 0.25) is 15.9 Å². The second-order valence-corrected chi connectivity index (χ2v) is 11.9. The van der Waals surface area contributed by atoms with Crippen LogP contribution in [0.25, 0.3) is 0 Å². The quantitative estimate of drug-likeness (QED) is 0.313. The molecule has 0 radical (unpaired) electrons. The Labute approximate surface area is 244 Å². The van der Waals surface area contributed by atoms with Crippen molar-refractivity contribution < 1.29 is 27.1 Å². The molecule has 5 rings (SSSR count). The van der Waals surface area contributed by atoms with Crippen LogP contribution < -0.4 is 15.0 Å². The van der Waals surface area contributed by atoms with Gasteiger partial charge in [0.05, 0.1) is 23.7 Å². The molecule has 8 nitrogen and oxygen atoms in total. The maximum absolute atomic E-state index is 13.9. The van der Waals surface area contributed by atoms with Gasteiger partial charge in [-0.3, -0.25) is 9.59 Å². The molecule has 1 heterocycles. The Balaban J connectivity index is 1.40. The van der Waals surface area contributed by atoms with Crippen LogP contribution >= 0.6 is 0 Å². The lowest BCUT2D eigenvalue weighted by Gasteiger charge is -2.35. The number of fused-ring (bicyclic) bond motifs is 1. The number of benzene rings is 4. The zero-order valence-corrected chi connectivity index (χ0v) is 23.8. The molecular weight excluding hydrogens is 557 g/mol. The summed E-state index contributed by atoms with van der Waals surface area (Å²) < 4.78 is 48.1.